The van der Waals surface area contributed by atoms with Crippen molar-refractivity contribution in [2.75, 3.05) is 18.5 Å². The predicted octanol–water partition coefficient (Wildman–Crippen LogP) is 2.62. The van der Waals surface area contributed by atoms with Crippen molar-refractivity contribution in [3.8, 4) is 5.75 Å². The minimum Gasteiger partial charge on any atom is -0.494 e. The average molecular weight is 362 g/mol. The van der Waals surface area contributed by atoms with Gasteiger partial charge in [-0.05, 0) is 56.2 Å². The molecule has 2 rings (SSSR count). The minimum atomic E-state index is -3.77. The normalized spacial score (nSPS) is 11.2. The Hall–Kier alpha value is -2.38. The zero-order valence-corrected chi connectivity index (χ0v) is 15.3. The number of carbonyl (C=O) groups excluding carboxylic acids is 1. The number of para-hydroxylation sites is 1. The number of hydrogen-bond acceptors (Lipinski definition) is 4. The van der Waals surface area contributed by atoms with Gasteiger partial charge >= 0.3 is 0 Å². The first kappa shape index (κ1) is 19.0. The Balaban J connectivity index is 2.00. The fourth-order valence-electron chi connectivity index (χ4n) is 2.32. The second kappa shape index (κ2) is 8.13. The summed E-state index contributed by atoms with van der Waals surface area (Å²) >= 11 is 0. The Morgan fingerprint density at radius 1 is 1.04 bits per heavy atom. The molecule has 0 aliphatic rings. The van der Waals surface area contributed by atoms with Crippen molar-refractivity contribution < 1.29 is 17.9 Å². The summed E-state index contributed by atoms with van der Waals surface area (Å²) < 4.78 is 32.1. The molecule has 25 heavy (non-hydrogen) atoms. The minimum absolute atomic E-state index is 0.0795. The van der Waals surface area contributed by atoms with E-state index in [1.165, 1.54) is 12.1 Å². The number of benzene rings is 2. The van der Waals surface area contributed by atoms with Gasteiger partial charge in [-0.1, -0.05) is 18.2 Å². The van der Waals surface area contributed by atoms with Gasteiger partial charge in [0.25, 0.3) is 0 Å². The Morgan fingerprint density at radius 3 is 2.20 bits per heavy atom. The van der Waals surface area contributed by atoms with Crippen LogP contribution in [0.5, 0.6) is 5.75 Å². The van der Waals surface area contributed by atoms with E-state index in [0.29, 0.717) is 18.0 Å². The standard InChI is InChI=1S/C18H22N2O4S/c1-4-24-15-8-10-16(11-9-15)25(22,23)19-12-17(21)20-18-13(2)6-5-7-14(18)3/h5-11,19H,4,12H2,1-3H3,(H,20,21). The lowest BCUT2D eigenvalue weighted by Gasteiger charge is -2.12. The van der Waals surface area contributed by atoms with Gasteiger partial charge in [0.1, 0.15) is 5.75 Å². The molecular formula is C18H22N2O4S. The summed E-state index contributed by atoms with van der Waals surface area (Å²) in [4.78, 5) is 12.2. The molecule has 0 unspecified atom stereocenters. The van der Waals surface area contributed by atoms with Gasteiger partial charge in [0.15, 0.2) is 0 Å². The third kappa shape index (κ3) is 5.04. The lowest BCUT2D eigenvalue weighted by molar-refractivity contribution is -0.115. The van der Waals surface area contributed by atoms with Crippen LogP contribution in [0.3, 0.4) is 0 Å². The molecule has 0 heterocycles. The molecule has 1 amide bonds. The zero-order valence-electron chi connectivity index (χ0n) is 14.5. The van der Waals surface area contributed by atoms with E-state index in [0.717, 1.165) is 11.1 Å². The first-order chi connectivity index (χ1) is 11.8. The van der Waals surface area contributed by atoms with Crippen molar-refractivity contribution in [1.82, 2.24) is 4.72 Å². The maximum atomic E-state index is 12.3. The van der Waals surface area contributed by atoms with Gasteiger partial charge in [0.2, 0.25) is 15.9 Å². The van der Waals surface area contributed by atoms with E-state index < -0.39 is 15.9 Å². The summed E-state index contributed by atoms with van der Waals surface area (Å²) in [5, 5.41) is 2.74. The summed E-state index contributed by atoms with van der Waals surface area (Å²) in [6.07, 6.45) is 0. The molecule has 0 saturated carbocycles. The van der Waals surface area contributed by atoms with Gasteiger partial charge in [-0.3, -0.25) is 4.79 Å². The highest BCUT2D eigenvalue weighted by atomic mass is 32.2. The SMILES string of the molecule is CCOc1ccc(S(=O)(=O)NCC(=O)Nc2c(C)cccc2C)cc1. The fraction of sp³-hybridized carbons (Fsp3) is 0.278. The van der Waals surface area contributed by atoms with Gasteiger partial charge in [0, 0.05) is 5.69 Å². The summed E-state index contributed by atoms with van der Waals surface area (Å²) in [5.74, 6) is 0.168. The molecule has 0 fully saturated rings. The summed E-state index contributed by atoms with van der Waals surface area (Å²) in [7, 11) is -3.77. The molecule has 134 valence electrons. The van der Waals surface area contributed by atoms with E-state index in [1.54, 1.807) is 12.1 Å². The molecule has 0 aliphatic heterocycles. The number of carbonyl (C=O) groups is 1. The molecule has 2 aromatic carbocycles. The maximum Gasteiger partial charge on any atom is 0.241 e. The van der Waals surface area contributed by atoms with Crippen LogP contribution in [0.15, 0.2) is 47.4 Å². The van der Waals surface area contributed by atoms with Gasteiger partial charge in [0.05, 0.1) is 18.0 Å². The molecule has 0 spiro atoms. The predicted molar refractivity (Wildman–Crippen MR) is 97.3 cm³/mol. The second-order valence-electron chi connectivity index (χ2n) is 5.54. The van der Waals surface area contributed by atoms with Crippen LogP contribution in [-0.2, 0) is 14.8 Å². The molecular weight excluding hydrogens is 340 g/mol. The first-order valence-corrected chi connectivity index (χ1v) is 9.40. The third-order valence-corrected chi connectivity index (χ3v) is 5.03. The van der Waals surface area contributed by atoms with E-state index >= 15 is 0 Å². The van der Waals surface area contributed by atoms with Crippen molar-refractivity contribution in [3.05, 3.63) is 53.6 Å². The van der Waals surface area contributed by atoms with Crippen LogP contribution in [0.2, 0.25) is 0 Å². The van der Waals surface area contributed by atoms with Gasteiger partial charge in [-0.2, -0.15) is 0 Å². The monoisotopic (exact) mass is 362 g/mol. The highest BCUT2D eigenvalue weighted by Gasteiger charge is 2.16. The number of ether oxygens (including phenoxy) is 1. The number of amides is 1. The molecule has 0 bridgehead atoms. The van der Waals surface area contributed by atoms with E-state index in [-0.39, 0.29) is 11.4 Å². The molecule has 7 heteroatoms. The van der Waals surface area contributed by atoms with E-state index in [9.17, 15) is 13.2 Å². The molecule has 0 aliphatic carbocycles. The fourth-order valence-corrected chi connectivity index (χ4v) is 3.30. The Bertz CT molecular complexity index is 826. The van der Waals surface area contributed by atoms with Crippen molar-refractivity contribution in [3.63, 3.8) is 0 Å². The Kier molecular flexibility index (Phi) is 6.17. The number of sulfonamides is 1. The van der Waals surface area contributed by atoms with Crippen LogP contribution < -0.4 is 14.8 Å². The highest BCUT2D eigenvalue weighted by molar-refractivity contribution is 7.89. The summed E-state index contributed by atoms with van der Waals surface area (Å²) in [6, 6.07) is 11.7. The molecule has 0 saturated heterocycles. The molecule has 2 N–H and O–H groups in total. The lowest BCUT2D eigenvalue weighted by Crippen LogP contribution is -2.33. The largest absolute Gasteiger partial charge is 0.494 e. The van der Waals surface area contributed by atoms with E-state index in [4.69, 9.17) is 4.74 Å². The van der Waals surface area contributed by atoms with Crippen LogP contribution in [0.4, 0.5) is 5.69 Å². The quantitative estimate of drug-likeness (QED) is 0.793. The van der Waals surface area contributed by atoms with Crippen LogP contribution >= 0.6 is 0 Å². The van der Waals surface area contributed by atoms with Crippen LogP contribution in [-0.4, -0.2) is 27.5 Å². The van der Waals surface area contributed by atoms with Crippen molar-refractivity contribution in [1.29, 1.82) is 0 Å². The molecule has 0 radical (unpaired) electrons. The molecule has 2 aromatic rings. The van der Waals surface area contributed by atoms with Gasteiger partial charge < -0.3 is 10.1 Å². The van der Waals surface area contributed by atoms with Crippen molar-refractivity contribution in [2.45, 2.75) is 25.7 Å². The number of aryl methyl sites for hydroxylation is 2. The van der Waals surface area contributed by atoms with Crippen LogP contribution in [0, 0.1) is 13.8 Å². The zero-order chi connectivity index (χ0) is 18.4. The van der Waals surface area contributed by atoms with Gasteiger partial charge in [-0.25, -0.2) is 13.1 Å². The van der Waals surface area contributed by atoms with Gasteiger partial charge in [-0.15, -0.1) is 0 Å². The van der Waals surface area contributed by atoms with E-state index in [2.05, 4.69) is 10.0 Å². The smallest absolute Gasteiger partial charge is 0.241 e. The number of nitrogens with one attached hydrogen (secondary N) is 2. The molecule has 6 nitrogen and oxygen atoms in total. The highest BCUT2D eigenvalue weighted by Crippen LogP contribution is 2.19. The topological polar surface area (TPSA) is 84.5 Å². The van der Waals surface area contributed by atoms with Crippen molar-refractivity contribution in [2.24, 2.45) is 0 Å². The van der Waals surface area contributed by atoms with Crippen LogP contribution in [0.25, 0.3) is 0 Å². The average Bonchev–Trinajstić information content (AvgIpc) is 2.57. The third-order valence-electron chi connectivity index (χ3n) is 3.61. The molecule has 0 aromatic heterocycles. The van der Waals surface area contributed by atoms with Crippen molar-refractivity contribution >= 4 is 21.6 Å². The number of hydrogen-bond donors (Lipinski definition) is 2. The number of anilines is 1. The van der Waals surface area contributed by atoms with E-state index in [1.807, 2.05) is 39.0 Å². The lowest BCUT2D eigenvalue weighted by atomic mass is 10.1. The summed E-state index contributed by atoms with van der Waals surface area (Å²) in [6.45, 7) is 5.77. The Labute approximate surface area is 148 Å². The molecule has 0 atom stereocenters. The summed E-state index contributed by atoms with van der Waals surface area (Å²) in [5.41, 5.74) is 2.54. The number of rotatable bonds is 7. The Morgan fingerprint density at radius 2 is 1.64 bits per heavy atom. The van der Waals surface area contributed by atoms with Crippen LogP contribution in [0.1, 0.15) is 18.1 Å². The first-order valence-electron chi connectivity index (χ1n) is 7.92. The maximum absolute atomic E-state index is 12.3. The second-order valence-corrected chi connectivity index (χ2v) is 7.31.